The van der Waals surface area contributed by atoms with Crippen molar-refractivity contribution in [2.24, 2.45) is 0 Å². The predicted molar refractivity (Wildman–Crippen MR) is 107 cm³/mol. The summed E-state index contributed by atoms with van der Waals surface area (Å²) < 4.78 is 25.7. The van der Waals surface area contributed by atoms with E-state index in [0.29, 0.717) is 0 Å². The second kappa shape index (κ2) is 9.96. The van der Waals surface area contributed by atoms with Crippen LogP contribution in [0.25, 0.3) is 0 Å². The molecule has 0 unspecified atom stereocenters. The smallest absolute Gasteiger partial charge is 0.346 e. The molecule has 11 heteroatoms. The molecule has 0 amide bonds. The summed E-state index contributed by atoms with van der Waals surface area (Å²) in [6.45, 7) is 3.03. The van der Waals surface area contributed by atoms with Crippen LogP contribution in [0.2, 0.25) is 0 Å². The van der Waals surface area contributed by atoms with E-state index in [1.165, 1.54) is 0 Å². The maximum absolute atomic E-state index is 15.3. The molecular formula is C20H25FN4O6. The normalized spacial score (nSPS) is 23.2. The molecule has 1 aromatic heterocycles. The molecule has 0 spiro atoms. The molecular weight excluding hydrogens is 411 g/mol. The number of H-pyrrole nitrogens is 1. The quantitative estimate of drug-likeness (QED) is 0.352. The Morgan fingerprint density at radius 2 is 2.16 bits per heavy atom. The Morgan fingerprint density at radius 1 is 1.42 bits per heavy atom. The van der Waals surface area contributed by atoms with Gasteiger partial charge in [-0.2, -0.15) is 10.0 Å². The van der Waals surface area contributed by atoms with Gasteiger partial charge in [-0.05, 0) is 25.0 Å². The van der Waals surface area contributed by atoms with Crippen LogP contribution >= 0.6 is 0 Å². The first kappa shape index (κ1) is 22.8. The fraction of sp³-hybridized carbons (Fsp3) is 0.450. The standard InChI is InChI=1S/C20H25FN4O6/c1-3-30-19(27)13-8-22-20(28)24-17(13)23-18-15(21)16(14(10-26)31-18)25(29)9-12-7-5-4-6-11(12)2/h4-8,14-16,18,26,29H,3,9-10H2,1-2H3,(H2,22,23,24,28)/t14-,15+,16-,18+/m1/s1. The maximum atomic E-state index is 15.3. The summed E-state index contributed by atoms with van der Waals surface area (Å²) in [6.07, 6.45) is -3.15. The Hall–Kier alpha value is -2.86. The third kappa shape index (κ3) is 5.07. The molecule has 168 valence electrons. The molecule has 10 nitrogen and oxygen atoms in total. The summed E-state index contributed by atoms with van der Waals surface area (Å²) in [5.74, 6) is -0.990. The summed E-state index contributed by atoms with van der Waals surface area (Å²) >= 11 is 0. The van der Waals surface area contributed by atoms with Gasteiger partial charge in [-0.1, -0.05) is 24.3 Å². The van der Waals surface area contributed by atoms with Crippen molar-refractivity contribution < 1.29 is 29.0 Å². The number of hydrogen-bond acceptors (Lipinski definition) is 9. The predicted octanol–water partition coefficient (Wildman–Crippen LogP) is 0.982. The van der Waals surface area contributed by atoms with Crippen LogP contribution in [0.5, 0.6) is 0 Å². The number of carbonyl (C=O) groups is 1. The third-order valence-corrected chi connectivity index (χ3v) is 5.02. The second-order valence-electron chi connectivity index (χ2n) is 7.07. The highest BCUT2D eigenvalue weighted by atomic mass is 19.1. The van der Waals surface area contributed by atoms with Crippen molar-refractivity contribution in [3.05, 3.63) is 57.6 Å². The molecule has 31 heavy (non-hydrogen) atoms. The number of rotatable bonds is 8. The molecule has 1 saturated heterocycles. The van der Waals surface area contributed by atoms with Crippen LogP contribution in [-0.4, -0.2) is 69.1 Å². The average Bonchev–Trinajstić information content (AvgIpc) is 3.05. The Kier molecular flexibility index (Phi) is 7.33. The van der Waals surface area contributed by atoms with E-state index in [2.05, 4.69) is 15.3 Å². The van der Waals surface area contributed by atoms with Crippen molar-refractivity contribution in [1.82, 2.24) is 15.0 Å². The number of hydroxylamine groups is 2. The fourth-order valence-electron chi connectivity index (χ4n) is 3.42. The zero-order chi connectivity index (χ0) is 22.5. The van der Waals surface area contributed by atoms with Gasteiger partial charge in [0.25, 0.3) is 0 Å². The van der Waals surface area contributed by atoms with Gasteiger partial charge < -0.3 is 30.1 Å². The van der Waals surface area contributed by atoms with Crippen LogP contribution in [0.15, 0.2) is 35.3 Å². The first-order valence-corrected chi connectivity index (χ1v) is 9.79. The minimum Gasteiger partial charge on any atom is -0.462 e. The monoisotopic (exact) mass is 436 g/mol. The molecule has 4 N–H and O–H groups in total. The molecule has 0 aliphatic carbocycles. The number of aliphatic hydroxyl groups excluding tert-OH is 1. The highest BCUT2D eigenvalue weighted by Crippen LogP contribution is 2.30. The van der Waals surface area contributed by atoms with Crippen molar-refractivity contribution in [3.63, 3.8) is 0 Å². The van der Waals surface area contributed by atoms with Gasteiger partial charge in [-0.15, -0.1) is 0 Å². The van der Waals surface area contributed by atoms with Crippen LogP contribution in [0.1, 0.15) is 28.4 Å². The maximum Gasteiger partial charge on any atom is 0.346 e. The number of nitrogens with zero attached hydrogens (tertiary/aromatic N) is 2. The average molecular weight is 436 g/mol. The number of halogens is 1. The molecule has 0 saturated carbocycles. The van der Waals surface area contributed by atoms with Gasteiger partial charge in [-0.3, -0.25) is 0 Å². The first-order valence-electron chi connectivity index (χ1n) is 9.79. The summed E-state index contributed by atoms with van der Waals surface area (Å²) in [6, 6.07) is 6.12. The Labute approximate surface area is 177 Å². The lowest BCUT2D eigenvalue weighted by Crippen LogP contribution is -2.46. The summed E-state index contributed by atoms with van der Waals surface area (Å²) in [5, 5.41) is 23.6. The van der Waals surface area contributed by atoms with Crippen molar-refractivity contribution in [3.8, 4) is 0 Å². The van der Waals surface area contributed by atoms with Crippen molar-refractivity contribution in [1.29, 1.82) is 0 Å². The van der Waals surface area contributed by atoms with Gasteiger partial charge in [0.1, 0.15) is 17.5 Å². The molecule has 0 radical (unpaired) electrons. The van der Waals surface area contributed by atoms with E-state index in [0.717, 1.165) is 22.4 Å². The van der Waals surface area contributed by atoms with E-state index in [1.807, 2.05) is 19.1 Å². The lowest BCUT2D eigenvalue weighted by Gasteiger charge is -2.27. The third-order valence-electron chi connectivity index (χ3n) is 5.02. The van der Waals surface area contributed by atoms with Crippen LogP contribution in [0, 0.1) is 6.92 Å². The van der Waals surface area contributed by atoms with E-state index in [9.17, 15) is 19.9 Å². The lowest BCUT2D eigenvalue weighted by molar-refractivity contribution is -0.162. The largest absolute Gasteiger partial charge is 0.462 e. The van der Waals surface area contributed by atoms with Gasteiger partial charge >= 0.3 is 11.7 Å². The van der Waals surface area contributed by atoms with Crippen molar-refractivity contribution >= 4 is 11.8 Å². The first-order chi connectivity index (χ1) is 14.8. The number of aliphatic hydroxyl groups is 1. The highest BCUT2D eigenvalue weighted by molar-refractivity contribution is 5.94. The number of anilines is 1. The molecule has 1 aromatic carbocycles. The molecule has 1 fully saturated rings. The van der Waals surface area contributed by atoms with Crippen LogP contribution in [-0.2, 0) is 16.0 Å². The molecule has 2 aromatic rings. The number of esters is 1. The number of benzene rings is 1. The van der Waals surface area contributed by atoms with Gasteiger partial charge in [0.15, 0.2) is 12.4 Å². The number of carbonyl (C=O) groups excluding carboxylic acids is 1. The number of hydrogen-bond donors (Lipinski definition) is 4. The summed E-state index contributed by atoms with van der Waals surface area (Å²) in [5.41, 5.74) is 0.827. The minimum absolute atomic E-state index is 0.0155. The molecule has 1 aliphatic heterocycles. The van der Waals surface area contributed by atoms with Crippen LogP contribution in [0.4, 0.5) is 10.2 Å². The zero-order valence-electron chi connectivity index (χ0n) is 17.1. The highest BCUT2D eigenvalue weighted by Gasteiger charge is 2.48. The lowest BCUT2D eigenvalue weighted by atomic mass is 10.1. The summed E-state index contributed by atoms with van der Waals surface area (Å²) in [7, 11) is 0. The number of ether oxygens (including phenoxy) is 2. The van der Waals surface area contributed by atoms with E-state index in [-0.39, 0.29) is 24.5 Å². The molecule has 4 atom stereocenters. The SMILES string of the molecule is CCOC(=O)c1c[nH]c(=O)nc1N[C@H]1O[C@H](CO)[C@@H](N(O)Cc2ccccc2C)[C@@H]1F. The van der Waals surface area contributed by atoms with E-state index >= 15 is 4.39 Å². The van der Waals surface area contributed by atoms with E-state index < -0.39 is 42.8 Å². The number of alkyl halides is 1. The van der Waals surface area contributed by atoms with Crippen molar-refractivity contribution in [2.45, 2.75) is 44.9 Å². The molecule has 2 heterocycles. The Morgan fingerprint density at radius 3 is 2.84 bits per heavy atom. The van der Waals surface area contributed by atoms with Crippen LogP contribution in [0.3, 0.4) is 0 Å². The van der Waals surface area contributed by atoms with Gasteiger partial charge in [0.2, 0.25) is 0 Å². The number of aryl methyl sites for hydroxylation is 1. The van der Waals surface area contributed by atoms with E-state index in [1.54, 1.807) is 19.1 Å². The Balaban J connectivity index is 1.80. The number of aromatic nitrogens is 2. The Bertz CT molecular complexity index is 971. The number of nitrogens with one attached hydrogen (secondary N) is 2. The minimum atomic E-state index is -1.82. The van der Waals surface area contributed by atoms with Gasteiger partial charge in [0.05, 0.1) is 19.3 Å². The molecule has 0 bridgehead atoms. The van der Waals surface area contributed by atoms with Gasteiger partial charge in [0, 0.05) is 12.7 Å². The molecule has 3 rings (SSSR count). The van der Waals surface area contributed by atoms with E-state index in [4.69, 9.17) is 9.47 Å². The second-order valence-corrected chi connectivity index (χ2v) is 7.07. The molecule has 1 aliphatic rings. The topological polar surface area (TPSA) is 137 Å². The van der Waals surface area contributed by atoms with Gasteiger partial charge in [-0.25, -0.2) is 14.0 Å². The fourth-order valence-corrected chi connectivity index (χ4v) is 3.42. The summed E-state index contributed by atoms with van der Waals surface area (Å²) in [4.78, 5) is 29.7. The zero-order valence-corrected chi connectivity index (χ0v) is 17.1. The number of aromatic amines is 1. The van der Waals surface area contributed by atoms with Crippen LogP contribution < -0.4 is 11.0 Å². The van der Waals surface area contributed by atoms with Crippen molar-refractivity contribution in [2.75, 3.05) is 18.5 Å².